The van der Waals surface area contributed by atoms with Crippen LogP contribution in [0.3, 0.4) is 0 Å². The zero-order chi connectivity index (χ0) is 15.4. The third-order valence-electron chi connectivity index (χ3n) is 3.88. The Bertz CT molecular complexity index is 646. The third kappa shape index (κ3) is 3.94. The van der Waals surface area contributed by atoms with Crippen molar-refractivity contribution in [3.8, 4) is 0 Å². The predicted octanol–water partition coefficient (Wildman–Crippen LogP) is 4.03. The number of carbonyl (C=O) groups is 1. The number of benzene rings is 2. The summed E-state index contributed by atoms with van der Waals surface area (Å²) in [6.07, 6.45) is 0.433. The van der Waals surface area contributed by atoms with Crippen LogP contribution in [-0.4, -0.2) is 5.91 Å². The Kier molecular flexibility index (Phi) is 4.79. The number of nitrogens with one attached hydrogen (secondary N) is 1. The van der Waals surface area contributed by atoms with Gasteiger partial charge in [0.25, 0.3) is 0 Å². The first kappa shape index (κ1) is 15.3. The molecule has 0 bridgehead atoms. The molecule has 0 aromatic heterocycles. The quantitative estimate of drug-likeness (QED) is 0.900. The third-order valence-corrected chi connectivity index (χ3v) is 3.88. The van der Waals surface area contributed by atoms with Crippen molar-refractivity contribution in [3.63, 3.8) is 0 Å². The molecule has 2 aromatic rings. The van der Waals surface area contributed by atoms with Gasteiger partial charge in [0, 0.05) is 0 Å². The summed E-state index contributed by atoms with van der Waals surface area (Å²) in [5.41, 5.74) is 5.87. The van der Waals surface area contributed by atoms with Crippen LogP contribution in [0.25, 0.3) is 0 Å². The highest BCUT2D eigenvalue weighted by atomic mass is 16.1. The van der Waals surface area contributed by atoms with Crippen LogP contribution in [0.15, 0.2) is 42.5 Å². The van der Waals surface area contributed by atoms with Gasteiger partial charge in [0.1, 0.15) is 0 Å². The molecule has 1 amide bonds. The van der Waals surface area contributed by atoms with Crippen molar-refractivity contribution in [2.75, 3.05) is 0 Å². The maximum atomic E-state index is 12.2. The molecule has 0 saturated carbocycles. The molecule has 2 rings (SSSR count). The maximum absolute atomic E-state index is 12.2. The largest absolute Gasteiger partial charge is 0.349 e. The zero-order valence-corrected chi connectivity index (χ0v) is 13.2. The number of hydrogen-bond acceptors (Lipinski definition) is 1. The van der Waals surface area contributed by atoms with Crippen molar-refractivity contribution < 1.29 is 4.79 Å². The summed E-state index contributed by atoms with van der Waals surface area (Å²) in [6.45, 7) is 8.22. The number of carbonyl (C=O) groups excluding carboxylic acids is 1. The van der Waals surface area contributed by atoms with Gasteiger partial charge in [-0.1, -0.05) is 48.0 Å². The van der Waals surface area contributed by atoms with Gasteiger partial charge >= 0.3 is 0 Å². The Morgan fingerprint density at radius 2 is 1.76 bits per heavy atom. The SMILES string of the molecule is Cc1ccc(CC(=O)N[C@@H](C)c2ccccc2C)c(C)c1. The molecule has 1 atom stereocenters. The summed E-state index contributed by atoms with van der Waals surface area (Å²) in [4.78, 5) is 12.2. The monoisotopic (exact) mass is 281 g/mol. The fraction of sp³-hybridized carbons (Fsp3) is 0.316. The predicted molar refractivity (Wildman–Crippen MR) is 87.4 cm³/mol. The lowest BCUT2D eigenvalue weighted by molar-refractivity contribution is -0.121. The van der Waals surface area contributed by atoms with Crippen LogP contribution in [0.1, 0.15) is 40.8 Å². The first-order valence-corrected chi connectivity index (χ1v) is 7.38. The Morgan fingerprint density at radius 1 is 1.05 bits per heavy atom. The van der Waals surface area contributed by atoms with Gasteiger partial charge in [0.2, 0.25) is 5.91 Å². The highest BCUT2D eigenvalue weighted by Gasteiger charge is 2.12. The lowest BCUT2D eigenvalue weighted by Gasteiger charge is -2.17. The van der Waals surface area contributed by atoms with E-state index in [4.69, 9.17) is 0 Å². The second-order valence-corrected chi connectivity index (χ2v) is 5.75. The van der Waals surface area contributed by atoms with Crippen LogP contribution >= 0.6 is 0 Å². The van der Waals surface area contributed by atoms with E-state index in [2.05, 4.69) is 50.4 Å². The molecule has 0 aliphatic rings. The average Bonchev–Trinajstić information content (AvgIpc) is 2.42. The normalized spacial score (nSPS) is 12.0. The Morgan fingerprint density at radius 3 is 2.43 bits per heavy atom. The summed E-state index contributed by atoms with van der Waals surface area (Å²) in [7, 11) is 0. The van der Waals surface area contributed by atoms with E-state index in [1.807, 2.05) is 25.1 Å². The minimum Gasteiger partial charge on any atom is -0.349 e. The van der Waals surface area contributed by atoms with E-state index in [0.717, 1.165) is 5.56 Å². The highest BCUT2D eigenvalue weighted by Crippen LogP contribution is 2.17. The van der Waals surface area contributed by atoms with Crippen molar-refractivity contribution in [2.24, 2.45) is 0 Å². The van der Waals surface area contributed by atoms with Gasteiger partial charge < -0.3 is 5.32 Å². The Labute approximate surface area is 127 Å². The average molecular weight is 281 g/mol. The van der Waals surface area contributed by atoms with Gasteiger partial charge in [0.05, 0.1) is 12.5 Å². The van der Waals surface area contributed by atoms with E-state index in [0.29, 0.717) is 6.42 Å². The lowest BCUT2D eigenvalue weighted by atomic mass is 10.0. The van der Waals surface area contributed by atoms with Crippen LogP contribution in [0, 0.1) is 20.8 Å². The molecule has 1 N–H and O–H groups in total. The number of aryl methyl sites for hydroxylation is 3. The molecule has 0 unspecified atom stereocenters. The Balaban J connectivity index is 2.03. The lowest BCUT2D eigenvalue weighted by Crippen LogP contribution is -2.28. The summed E-state index contributed by atoms with van der Waals surface area (Å²) in [5, 5.41) is 3.09. The fourth-order valence-corrected chi connectivity index (χ4v) is 2.66. The fourth-order valence-electron chi connectivity index (χ4n) is 2.66. The van der Waals surface area contributed by atoms with Gasteiger partial charge in [-0.15, -0.1) is 0 Å². The van der Waals surface area contributed by atoms with E-state index >= 15 is 0 Å². The smallest absolute Gasteiger partial charge is 0.224 e. The molecular weight excluding hydrogens is 258 g/mol. The first-order chi connectivity index (χ1) is 9.97. The molecule has 0 heterocycles. The van der Waals surface area contributed by atoms with Gasteiger partial charge in [-0.25, -0.2) is 0 Å². The molecule has 0 saturated heterocycles. The molecule has 2 aromatic carbocycles. The van der Waals surface area contributed by atoms with Gasteiger partial charge in [-0.3, -0.25) is 4.79 Å². The van der Waals surface area contributed by atoms with Crippen molar-refractivity contribution in [1.29, 1.82) is 0 Å². The van der Waals surface area contributed by atoms with E-state index < -0.39 is 0 Å². The summed E-state index contributed by atoms with van der Waals surface area (Å²) < 4.78 is 0. The zero-order valence-electron chi connectivity index (χ0n) is 13.2. The topological polar surface area (TPSA) is 29.1 Å². The molecule has 2 heteroatoms. The van der Waals surface area contributed by atoms with Gasteiger partial charge in [-0.2, -0.15) is 0 Å². The van der Waals surface area contributed by atoms with Crippen molar-refractivity contribution >= 4 is 5.91 Å². The molecule has 0 spiro atoms. The molecule has 0 fully saturated rings. The van der Waals surface area contributed by atoms with E-state index in [1.165, 1.54) is 22.3 Å². The van der Waals surface area contributed by atoms with Crippen LogP contribution < -0.4 is 5.32 Å². The van der Waals surface area contributed by atoms with E-state index in [9.17, 15) is 4.79 Å². The van der Waals surface area contributed by atoms with Crippen molar-refractivity contribution in [2.45, 2.75) is 40.2 Å². The second kappa shape index (κ2) is 6.57. The molecule has 0 aliphatic carbocycles. The summed E-state index contributed by atoms with van der Waals surface area (Å²) in [5.74, 6) is 0.0673. The Hall–Kier alpha value is -2.09. The van der Waals surface area contributed by atoms with Gasteiger partial charge in [0.15, 0.2) is 0 Å². The highest BCUT2D eigenvalue weighted by molar-refractivity contribution is 5.79. The van der Waals surface area contributed by atoms with Crippen LogP contribution in [-0.2, 0) is 11.2 Å². The van der Waals surface area contributed by atoms with Crippen LogP contribution in [0.2, 0.25) is 0 Å². The minimum atomic E-state index is 0.0319. The molecule has 2 nitrogen and oxygen atoms in total. The molecule has 0 radical (unpaired) electrons. The molecule has 110 valence electrons. The second-order valence-electron chi connectivity index (χ2n) is 5.75. The van der Waals surface area contributed by atoms with Gasteiger partial charge in [-0.05, 0) is 49.9 Å². The maximum Gasteiger partial charge on any atom is 0.224 e. The summed E-state index contributed by atoms with van der Waals surface area (Å²) in [6, 6.07) is 14.4. The molecular formula is C19H23NO. The summed E-state index contributed by atoms with van der Waals surface area (Å²) >= 11 is 0. The molecule has 21 heavy (non-hydrogen) atoms. The van der Waals surface area contributed by atoms with Crippen LogP contribution in [0.4, 0.5) is 0 Å². The first-order valence-electron chi connectivity index (χ1n) is 7.38. The number of amides is 1. The molecule has 0 aliphatic heterocycles. The standard InChI is InChI=1S/C19H23NO/c1-13-9-10-17(15(3)11-13)12-19(21)20-16(4)18-8-6-5-7-14(18)2/h5-11,16H,12H2,1-4H3,(H,20,21)/t16-/m0/s1. The van der Waals surface area contributed by atoms with Crippen LogP contribution in [0.5, 0.6) is 0 Å². The number of hydrogen-bond donors (Lipinski definition) is 1. The van der Waals surface area contributed by atoms with Crippen molar-refractivity contribution in [3.05, 3.63) is 70.3 Å². The van der Waals surface area contributed by atoms with E-state index in [1.54, 1.807) is 0 Å². The van der Waals surface area contributed by atoms with E-state index in [-0.39, 0.29) is 11.9 Å². The number of rotatable bonds is 4. The van der Waals surface area contributed by atoms with Crippen molar-refractivity contribution in [1.82, 2.24) is 5.32 Å². The minimum absolute atomic E-state index is 0.0319.